The summed E-state index contributed by atoms with van der Waals surface area (Å²) in [5.74, 6) is 1.73. The lowest BCUT2D eigenvalue weighted by molar-refractivity contribution is -0.132. The monoisotopic (exact) mass is 396 g/mol. The minimum Gasteiger partial charge on any atom is -0.494 e. The lowest BCUT2D eigenvalue weighted by Crippen LogP contribution is -2.36. The molecule has 5 nitrogen and oxygen atoms in total. The third kappa shape index (κ3) is 4.20. The molecule has 1 aliphatic heterocycles. The number of amides is 1. The molecule has 0 spiro atoms. The van der Waals surface area contributed by atoms with Crippen molar-refractivity contribution in [3.8, 4) is 17.1 Å². The maximum absolute atomic E-state index is 12.5. The van der Waals surface area contributed by atoms with E-state index < -0.39 is 0 Å². The van der Waals surface area contributed by atoms with E-state index in [9.17, 15) is 4.79 Å². The standard InChI is InChI=1S/C22H21ClN2O3/c23-17-10-8-16(9-11-17)22-19-12-13-25(15-20(19)24-28-22)21(26)7-4-14-27-18-5-2-1-3-6-18/h1-3,5-6,8-11H,4,7,12-15H2. The zero-order chi connectivity index (χ0) is 19.3. The predicted molar refractivity (Wildman–Crippen MR) is 107 cm³/mol. The Morgan fingerprint density at radius 3 is 2.71 bits per heavy atom. The van der Waals surface area contributed by atoms with E-state index in [1.54, 1.807) is 0 Å². The quantitative estimate of drug-likeness (QED) is 0.565. The molecule has 0 saturated carbocycles. The average Bonchev–Trinajstić information content (AvgIpc) is 3.15. The summed E-state index contributed by atoms with van der Waals surface area (Å²) in [6.45, 7) is 1.69. The van der Waals surface area contributed by atoms with Crippen LogP contribution in [-0.2, 0) is 17.8 Å². The molecule has 144 valence electrons. The molecule has 4 rings (SSSR count). The van der Waals surface area contributed by atoms with Crippen molar-refractivity contribution < 1.29 is 14.1 Å². The average molecular weight is 397 g/mol. The molecular weight excluding hydrogens is 376 g/mol. The van der Waals surface area contributed by atoms with Gasteiger partial charge in [0.2, 0.25) is 5.91 Å². The molecule has 2 heterocycles. The molecule has 2 aromatic carbocycles. The summed E-state index contributed by atoms with van der Waals surface area (Å²) in [6, 6.07) is 17.2. The van der Waals surface area contributed by atoms with Crippen LogP contribution in [0.4, 0.5) is 0 Å². The van der Waals surface area contributed by atoms with Gasteiger partial charge in [-0.1, -0.05) is 35.0 Å². The van der Waals surface area contributed by atoms with Gasteiger partial charge in [0.05, 0.1) is 13.2 Å². The normalized spacial score (nSPS) is 13.2. The zero-order valence-corrected chi connectivity index (χ0v) is 16.2. The number of fused-ring (bicyclic) bond motifs is 1. The fourth-order valence-corrected chi connectivity index (χ4v) is 3.49. The zero-order valence-electron chi connectivity index (χ0n) is 15.4. The van der Waals surface area contributed by atoms with Gasteiger partial charge in [-0.25, -0.2) is 0 Å². The van der Waals surface area contributed by atoms with Crippen LogP contribution in [0.5, 0.6) is 5.75 Å². The summed E-state index contributed by atoms with van der Waals surface area (Å²) in [4.78, 5) is 14.4. The van der Waals surface area contributed by atoms with E-state index in [0.717, 1.165) is 34.8 Å². The maximum Gasteiger partial charge on any atom is 0.223 e. The molecular formula is C22H21ClN2O3. The SMILES string of the molecule is O=C(CCCOc1ccccc1)N1CCc2c(noc2-c2ccc(Cl)cc2)C1. The smallest absolute Gasteiger partial charge is 0.223 e. The Bertz CT molecular complexity index is 938. The lowest BCUT2D eigenvalue weighted by Gasteiger charge is -2.26. The van der Waals surface area contributed by atoms with Crippen molar-refractivity contribution in [2.75, 3.05) is 13.2 Å². The number of aromatic nitrogens is 1. The first-order valence-corrected chi connectivity index (χ1v) is 9.77. The Morgan fingerprint density at radius 2 is 1.93 bits per heavy atom. The van der Waals surface area contributed by atoms with Gasteiger partial charge in [-0.05, 0) is 49.2 Å². The van der Waals surface area contributed by atoms with Gasteiger partial charge in [-0.2, -0.15) is 0 Å². The number of hydrogen-bond donors (Lipinski definition) is 0. The van der Waals surface area contributed by atoms with Crippen molar-refractivity contribution in [2.45, 2.75) is 25.8 Å². The third-order valence-electron chi connectivity index (χ3n) is 4.85. The maximum atomic E-state index is 12.5. The summed E-state index contributed by atoms with van der Waals surface area (Å²) < 4.78 is 11.2. The molecule has 3 aromatic rings. The Morgan fingerprint density at radius 1 is 1.14 bits per heavy atom. The van der Waals surface area contributed by atoms with E-state index >= 15 is 0 Å². The first-order valence-electron chi connectivity index (χ1n) is 9.39. The molecule has 1 aromatic heterocycles. The number of halogens is 1. The molecule has 28 heavy (non-hydrogen) atoms. The van der Waals surface area contributed by atoms with Crippen LogP contribution in [0, 0.1) is 0 Å². The number of hydrogen-bond acceptors (Lipinski definition) is 4. The van der Waals surface area contributed by atoms with Crippen LogP contribution in [0.1, 0.15) is 24.1 Å². The highest BCUT2D eigenvalue weighted by molar-refractivity contribution is 6.30. The molecule has 0 aliphatic carbocycles. The summed E-state index contributed by atoms with van der Waals surface area (Å²) in [5.41, 5.74) is 2.87. The highest BCUT2D eigenvalue weighted by Gasteiger charge is 2.26. The van der Waals surface area contributed by atoms with Crippen LogP contribution in [-0.4, -0.2) is 29.1 Å². The molecule has 0 unspecified atom stereocenters. The number of carbonyl (C=O) groups excluding carboxylic acids is 1. The summed E-state index contributed by atoms with van der Waals surface area (Å²) in [5, 5.41) is 4.88. The number of benzene rings is 2. The van der Waals surface area contributed by atoms with E-state index in [1.165, 1.54) is 0 Å². The highest BCUT2D eigenvalue weighted by Crippen LogP contribution is 2.31. The fraction of sp³-hybridized carbons (Fsp3) is 0.273. The molecule has 1 aliphatic rings. The number of rotatable bonds is 6. The van der Waals surface area contributed by atoms with E-state index in [4.69, 9.17) is 20.9 Å². The van der Waals surface area contributed by atoms with Crippen LogP contribution in [0.15, 0.2) is 59.1 Å². The van der Waals surface area contributed by atoms with Gasteiger partial charge >= 0.3 is 0 Å². The van der Waals surface area contributed by atoms with Crippen LogP contribution in [0.25, 0.3) is 11.3 Å². The van der Waals surface area contributed by atoms with Gasteiger partial charge in [0.1, 0.15) is 11.4 Å². The Balaban J connectivity index is 1.31. The summed E-state index contributed by atoms with van der Waals surface area (Å²) >= 11 is 5.96. The second kappa shape index (κ2) is 8.48. The molecule has 0 fully saturated rings. The fourth-order valence-electron chi connectivity index (χ4n) is 3.36. The second-order valence-electron chi connectivity index (χ2n) is 6.77. The van der Waals surface area contributed by atoms with Gasteiger partial charge in [-0.15, -0.1) is 0 Å². The van der Waals surface area contributed by atoms with Crippen LogP contribution in [0.2, 0.25) is 5.02 Å². The number of para-hydroxylation sites is 1. The van der Waals surface area contributed by atoms with Gasteiger partial charge in [0.15, 0.2) is 5.76 Å². The molecule has 1 amide bonds. The molecule has 0 N–H and O–H groups in total. The van der Waals surface area contributed by atoms with Crippen LogP contribution >= 0.6 is 11.6 Å². The van der Waals surface area contributed by atoms with Gasteiger partial charge in [0.25, 0.3) is 0 Å². The van der Waals surface area contributed by atoms with Gasteiger partial charge < -0.3 is 14.2 Å². The van der Waals surface area contributed by atoms with Gasteiger partial charge in [-0.3, -0.25) is 4.79 Å². The van der Waals surface area contributed by atoms with Crippen molar-refractivity contribution in [3.05, 3.63) is 70.9 Å². The van der Waals surface area contributed by atoms with Crippen molar-refractivity contribution >= 4 is 17.5 Å². The summed E-state index contributed by atoms with van der Waals surface area (Å²) in [7, 11) is 0. The third-order valence-corrected chi connectivity index (χ3v) is 5.10. The van der Waals surface area contributed by atoms with Crippen LogP contribution < -0.4 is 4.74 Å². The Hall–Kier alpha value is -2.79. The van der Waals surface area contributed by atoms with E-state index in [0.29, 0.717) is 37.6 Å². The molecule has 6 heteroatoms. The predicted octanol–water partition coefficient (Wildman–Crippen LogP) is 4.74. The largest absolute Gasteiger partial charge is 0.494 e. The number of ether oxygens (including phenoxy) is 1. The van der Waals surface area contributed by atoms with E-state index in [-0.39, 0.29) is 5.91 Å². The minimum absolute atomic E-state index is 0.123. The number of nitrogens with zero attached hydrogens (tertiary/aromatic N) is 2. The van der Waals surface area contributed by atoms with E-state index in [1.807, 2.05) is 59.5 Å². The highest BCUT2D eigenvalue weighted by atomic mass is 35.5. The lowest BCUT2D eigenvalue weighted by atomic mass is 10.0. The van der Waals surface area contributed by atoms with Crippen molar-refractivity contribution in [2.24, 2.45) is 0 Å². The van der Waals surface area contributed by atoms with Crippen LogP contribution in [0.3, 0.4) is 0 Å². The van der Waals surface area contributed by atoms with E-state index in [2.05, 4.69) is 5.16 Å². The Labute approximate surface area is 168 Å². The molecule has 0 radical (unpaired) electrons. The molecule has 0 atom stereocenters. The number of carbonyl (C=O) groups is 1. The minimum atomic E-state index is 0.123. The van der Waals surface area contributed by atoms with Crippen molar-refractivity contribution in [1.82, 2.24) is 10.1 Å². The van der Waals surface area contributed by atoms with Gasteiger partial charge in [0, 0.05) is 29.1 Å². The molecule has 0 saturated heterocycles. The molecule has 0 bridgehead atoms. The van der Waals surface area contributed by atoms with Crippen molar-refractivity contribution in [1.29, 1.82) is 0 Å². The first kappa shape index (κ1) is 18.6. The topological polar surface area (TPSA) is 55.6 Å². The first-order chi connectivity index (χ1) is 13.7. The second-order valence-corrected chi connectivity index (χ2v) is 7.21. The Kier molecular flexibility index (Phi) is 5.63. The summed E-state index contributed by atoms with van der Waals surface area (Å²) in [6.07, 6.45) is 1.89. The van der Waals surface area contributed by atoms with Crippen molar-refractivity contribution in [3.63, 3.8) is 0 Å².